The predicted octanol–water partition coefficient (Wildman–Crippen LogP) is 4.33. The van der Waals surface area contributed by atoms with Crippen molar-refractivity contribution in [3.8, 4) is 5.75 Å². The zero-order valence-corrected chi connectivity index (χ0v) is 26.0. The number of fused-ring (bicyclic) bond motifs is 3. The van der Waals surface area contributed by atoms with Crippen LogP contribution in [0.2, 0.25) is 0 Å². The smallest absolute Gasteiger partial charge is 0.421 e. The Bertz CT molecular complexity index is 1870. The molecule has 0 unspecified atom stereocenters. The van der Waals surface area contributed by atoms with E-state index >= 15 is 4.79 Å². The number of morpholine rings is 1. The number of esters is 1. The third-order valence-electron chi connectivity index (χ3n) is 9.58. The number of imide groups is 1. The number of hydrogen-bond donors (Lipinski definition) is 2. The molecule has 3 heterocycles. The zero-order chi connectivity index (χ0) is 33.6. The topological polar surface area (TPSA) is 149 Å². The van der Waals surface area contributed by atoms with Gasteiger partial charge >= 0.3 is 12.1 Å². The number of amides is 3. The second-order valence-electron chi connectivity index (χ2n) is 12.0. The van der Waals surface area contributed by atoms with Crippen LogP contribution in [-0.2, 0) is 34.0 Å². The molecule has 244 valence electrons. The van der Waals surface area contributed by atoms with Crippen LogP contribution in [0.25, 0.3) is 0 Å². The number of phenolic OH excluding ortho intramolecular Hbond substituents is 1. The summed E-state index contributed by atoms with van der Waals surface area (Å²) in [6.07, 6.45) is -1.80. The Balaban J connectivity index is 1.53. The number of phenols is 1. The predicted molar refractivity (Wildman–Crippen MR) is 172 cm³/mol. The van der Waals surface area contributed by atoms with Crippen LogP contribution in [0, 0.1) is 5.92 Å². The lowest BCUT2D eigenvalue weighted by Gasteiger charge is -2.46. The van der Waals surface area contributed by atoms with Crippen LogP contribution >= 0.6 is 0 Å². The van der Waals surface area contributed by atoms with E-state index in [9.17, 15) is 19.5 Å². The molecule has 3 N–H and O–H groups in total. The molecule has 48 heavy (non-hydrogen) atoms. The van der Waals surface area contributed by atoms with E-state index in [1.165, 1.54) is 19.2 Å². The number of para-hydroxylation sites is 1. The van der Waals surface area contributed by atoms with Crippen LogP contribution in [0.5, 0.6) is 5.75 Å². The van der Waals surface area contributed by atoms with Crippen LogP contribution in [0.1, 0.15) is 40.4 Å². The van der Waals surface area contributed by atoms with Crippen molar-refractivity contribution in [3.63, 3.8) is 0 Å². The molecule has 2 saturated heterocycles. The molecule has 0 saturated carbocycles. The van der Waals surface area contributed by atoms with E-state index in [2.05, 4.69) is 0 Å². The van der Waals surface area contributed by atoms with E-state index < -0.39 is 59.4 Å². The number of hydrogen-bond acceptors (Lipinski definition) is 9. The first kappa shape index (κ1) is 31.1. The van der Waals surface area contributed by atoms with Gasteiger partial charge < -0.3 is 25.1 Å². The Kier molecular flexibility index (Phi) is 7.94. The lowest BCUT2D eigenvalue weighted by Crippen LogP contribution is -2.55. The number of cyclic esters (lactones) is 1. The number of rotatable bonds is 7. The average Bonchev–Trinajstić information content (AvgIpc) is 3.56. The number of methoxy groups -OCH3 is 1. The second-order valence-corrected chi connectivity index (χ2v) is 12.0. The third kappa shape index (κ3) is 4.65. The molecule has 11 nitrogen and oxygen atoms in total. The maximum Gasteiger partial charge on any atom is 0.421 e. The molecular weight excluding hydrogens is 614 g/mol. The van der Waals surface area contributed by atoms with Gasteiger partial charge in [0.25, 0.3) is 0 Å². The van der Waals surface area contributed by atoms with Crippen LogP contribution in [0.4, 0.5) is 10.5 Å². The normalized spacial score (nSPS) is 26.2. The number of primary amides is 1. The number of nitrogens with zero attached hydrogens (tertiary/aromatic N) is 2. The lowest BCUT2D eigenvalue weighted by atomic mass is 9.65. The molecule has 4 aromatic carbocycles. The summed E-state index contributed by atoms with van der Waals surface area (Å²) in [6, 6.07) is 28.5. The number of benzene rings is 4. The quantitative estimate of drug-likeness (QED) is 0.221. The number of anilines is 1. The fourth-order valence-corrected chi connectivity index (χ4v) is 7.81. The molecule has 3 amide bonds. The van der Waals surface area contributed by atoms with Gasteiger partial charge in [0.05, 0.1) is 30.3 Å². The van der Waals surface area contributed by atoms with E-state index in [4.69, 9.17) is 19.9 Å². The molecule has 6 atom stereocenters. The van der Waals surface area contributed by atoms with Gasteiger partial charge in [-0.1, -0.05) is 91.0 Å². The maximum atomic E-state index is 15.2. The Morgan fingerprint density at radius 1 is 0.812 bits per heavy atom. The highest BCUT2D eigenvalue weighted by Gasteiger charge is 2.75. The monoisotopic (exact) mass is 647 g/mol. The summed E-state index contributed by atoms with van der Waals surface area (Å²) >= 11 is 0. The molecule has 4 aromatic rings. The van der Waals surface area contributed by atoms with E-state index in [1.54, 1.807) is 36.4 Å². The van der Waals surface area contributed by atoms with E-state index in [1.807, 2.05) is 65.6 Å². The van der Waals surface area contributed by atoms with Crippen molar-refractivity contribution < 1.29 is 38.5 Å². The minimum absolute atomic E-state index is 0.0184. The summed E-state index contributed by atoms with van der Waals surface area (Å²) in [5.74, 6) is -3.90. The summed E-state index contributed by atoms with van der Waals surface area (Å²) in [4.78, 5) is 59.9. The lowest BCUT2D eigenvalue weighted by molar-refractivity contribution is -0.178. The molecule has 0 bridgehead atoms. The van der Waals surface area contributed by atoms with Crippen LogP contribution in [0.3, 0.4) is 0 Å². The fourth-order valence-electron chi connectivity index (χ4n) is 7.81. The van der Waals surface area contributed by atoms with Gasteiger partial charge in [-0.05, 0) is 40.5 Å². The SMILES string of the molecule is COCCOC(=O)N1C(=O)[C@@]2(c3ccccc31)[C@H](C(N)=O)[C@H]1C(=O)O[C@H](c3ccccc3)[C@H](c3ccccc3)N1[C@@H]2c1ccc(O)cc1. The highest BCUT2D eigenvalue weighted by Crippen LogP contribution is 2.65. The minimum Gasteiger partial charge on any atom is -0.508 e. The zero-order valence-electron chi connectivity index (χ0n) is 26.0. The second kappa shape index (κ2) is 12.3. The molecule has 7 rings (SSSR count). The Morgan fingerprint density at radius 2 is 1.44 bits per heavy atom. The van der Waals surface area contributed by atoms with Gasteiger partial charge in [0.1, 0.15) is 29.9 Å². The van der Waals surface area contributed by atoms with Crippen molar-refractivity contribution in [1.82, 2.24) is 4.90 Å². The molecule has 1 spiro atoms. The maximum absolute atomic E-state index is 15.2. The van der Waals surface area contributed by atoms with Gasteiger partial charge in [-0.15, -0.1) is 0 Å². The Morgan fingerprint density at radius 3 is 2.08 bits per heavy atom. The first-order valence-electron chi connectivity index (χ1n) is 15.6. The molecule has 11 heteroatoms. The molecule has 2 fully saturated rings. The minimum atomic E-state index is -1.89. The average molecular weight is 648 g/mol. The van der Waals surface area contributed by atoms with Crippen LogP contribution in [-0.4, -0.2) is 60.2 Å². The van der Waals surface area contributed by atoms with Gasteiger partial charge in [-0.3, -0.25) is 19.3 Å². The van der Waals surface area contributed by atoms with Crippen molar-refractivity contribution in [2.24, 2.45) is 11.7 Å². The fraction of sp³-hybridized carbons (Fsp3) is 0.243. The Labute approximate surface area is 276 Å². The van der Waals surface area contributed by atoms with E-state index in [-0.39, 0.29) is 24.7 Å². The van der Waals surface area contributed by atoms with Crippen molar-refractivity contribution in [3.05, 3.63) is 131 Å². The van der Waals surface area contributed by atoms with E-state index in [0.717, 1.165) is 10.5 Å². The molecule has 3 aliphatic heterocycles. The molecule has 0 aliphatic carbocycles. The summed E-state index contributed by atoms with van der Waals surface area (Å²) in [5.41, 5.74) is 6.89. The van der Waals surface area contributed by atoms with Gasteiger partial charge in [0, 0.05) is 7.11 Å². The van der Waals surface area contributed by atoms with Gasteiger partial charge in [0.2, 0.25) is 11.8 Å². The number of carbonyl (C=O) groups excluding carboxylic acids is 4. The largest absolute Gasteiger partial charge is 0.508 e. The first-order chi connectivity index (χ1) is 23.3. The summed E-state index contributed by atoms with van der Waals surface area (Å²) in [5, 5.41) is 10.3. The van der Waals surface area contributed by atoms with Crippen molar-refractivity contribution in [2.75, 3.05) is 25.2 Å². The standard InChI is InChI=1S/C37H33N3O8/c1-46-20-21-47-36(45)39-27-15-9-8-14-26(27)37(35(39)44)28(33(38)42)30-34(43)48-31(23-12-6-3-7-13-23)29(22-10-4-2-5-11-22)40(30)32(37)24-16-18-25(41)19-17-24/h2-19,28-32,41H,20-21H2,1H3,(H2,38,42)/t28-,29-,30-,31+,32+,37-/m0/s1. The highest BCUT2D eigenvalue weighted by atomic mass is 16.6. The Hall–Kier alpha value is -5.52. The molecule has 0 radical (unpaired) electrons. The number of carbonyl (C=O) groups is 4. The van der Waals surface area contributed by atoms with E-state index in [0.29, 0.717) is 16.7 Å². The van der Waals surface area contributed by atoms with Crippen molar-refractivity contribution >= 4 is 29.6 Å². The van der Waals surface area contributed by atoms with Crippen LogP contribution in [0.15, 0.2) is 109 Å². The molecule has 3 aliphatic rings. The van der Waals surface area contributed by atoms with Gasteiger partial charge in [-0.2, -0.15) is 0 Å². The highest BCUT2D eigenvalue weighted by molar-refractivity contribution is 6.23. The summed E-state index contributed by atoms with van der Waals surface area (Å²) < 4.78 is 16.7. The number of nitrogens with two attached hydrogens (primary N) is 1. The number of ether oxygens (including phenoxy) is 3. The summed E-state index contributed by atoms with van der Waals surface area (Å²) in [6.45, 7) is -0.0211. The molecular formula is C37H33N3O8. The number of aromatic hydroxyl groups is 1. The van der Waals surface area contributed by atoms with Gasteiger partial charge in [0.15, 0.2) is 0 Å². The van der Waals surface area contributed by atoms with Crippen molar-refractivity contribution in [2.45, 2.75) is 29.6 Å². The molecule has 0 aromatic heterocycles. The van der Waals surface area contributed by atoms with Crippen LogP contribution < -0.4 is 10.6 Å². The van der Waals surface area contributed by atoms with Gasteiger partial charge in [-0.25, -0.2) is 9.69 Å². The van der Waals surface area contributed by atoms with Crippen molar-refractivity contribution in [1.29, 1.82) is 0 Å². The third-order valence-corrected chi connectivity index (χ3v) is 9.58. The summed E-state index contributed by atoms with van der Waals surface area (Å²) in [7, 11) is 1.46. The first-order valence-corrected chi connectivity index (χ1v) is 15.6.